The number of nitriles is 1. The van der Waals surface area contributed by atoms with Gasteiger partial charge >= 0.3 is 5.69 Å². The number of hydrogen-bond donors (Lipinski definition) is 2. The van der Waals surface area contributed by atoms with Crippen LogP contribution in [-0.4, -0.2) is 19.5 Å². The Balaban J connectivity index is 1.84. The topological polar surface area (TPSA) is 107 Å². The third kappa shape index (κ3) is 2.56. The van der Waals surface area contributed by atoms with Crippen molar-refractivity contribution >= 4 is 21.9 Å². The van der Waals surface area contributed by atoms with E-state index in [0.29, 0.717) is 22.5 Å². The molecule has 0 unspecified atom stereocenters. The first-order chi connectivity index (χ1) is 12.2. The molecule has 0 aliphatic heterocycles. The minimum absolute atomic E-state index is 0.0269. The van der Waals surface area contributed by atoms with Gasteiger partial charge in [-0.1, -0.05) is 6.08 Å². The highest BCUT2D eigenvalue weighted by Crippen LogP contribution is 2.34. The predicted molar refractivity (Wildman–Crippen MR) is 94.2 cm³/mol. The average molecular weight is 335 g/mol. The number of rotatable bonds is 2. The van der Waals surface area contributed by atoms with Gasteiger partial charge in [-0.05, 0) is 37.7 Å². The second-order valence-electron chi connectivity index (χ2n) is 6.45. The van der Waals surface area contributed by atoms with E-state index >= 15 is 0 Å². The third-order valence-electron chi connectivity index (χ3n) is 5.03. The van der Waals surface area contributed by atoms with Crippen LogP contribution in [0, 0.1) is 17.2 Å². The Labute approximate surface area is 142 Å². The van der Waals surface area contributed by atoms with Crippen molar-refractivity contribution in [3.63, 3.8) is 0 Å². The Hall–Kier alpha value is -3.14. The van der Waals surface area contributed by atoms with Crippen molar-refractivity contribution in [2.45, 2.75) is 31.7 Å². The van der Waals surface area contributed by atoms with Crippen LogP contribution >= 0.6 is 0 Å². The van der Waals surface area contributed by atoms with E-state index in [1.165, 1.54) is 12.3 Å². The third-order valence-corrected chi connectivity index (χ3v) is 5.03. The summed E-state index contributed by atoms with van der Waals surface area (Å²) in [5.41, 5.74) is 0.535. The van der Waals surface area contributed by atoms with Crippen LogP contribution < -0.4 is 11.2 Å². The number of H-pyrrole nitrogens is 2. The molecule has 7 nitrogen and oxygen atoms in total. The first kappa shape index (κ1) is 15.4. The van der Waals surface area contributed by atoms with Crippen LogP contribution in [0.4, 0.5) is 0 Å². The highest BCUT2D eigenvalue weighted by molar-refractivity contribution is 6.01. The molecule has 2 N–H and O–H groups in total. The normalized spacial score (nSPS) is 21.1. The van der Waals surface area contributed by atoms with Crippen molar-refractivity contribution in [1.82, 2.24) is 19.5 Å². The van der Waals surface area contributed by atoms with Crippen molar-refractivity contribution in [2.75, 3.05) is 0 Å². The SMILES string of the molecule is N#C/C=C/C1CCC(n2c(=O)[nH]c(=O)c3cnc4[nH]ccc4c32)CC1. The molecule has 0 radical (unpaired) electrons. The molecule has 1 saturated carbocycles. The summed E-state index contributed by atoms with van der Waals surface area (Å²) in [6.45, 7) is 0. The molecule has 1 fully saturated rings. The van der Waals surface area contributed by atoms with Crippen molar-refractivity contribution in [2.24, 2.45) is 5.92 Å². The fourth-order valence-corrected chi connectivity index (χ4v) is 3.83. The van der Waals surface area contributed by atoms with Gasteiger partial charge in [0.1, 0.15) is 5.65 Å². The van der Waals surface area contributed by atoms with Crippen molar-refractivity contribution in [1.29, 1.82) is 5.26 Å². The molecule has 3 aromatic rings. The first-order valence-corrected chi connectivity index (χ1v) is 8.36. The van der Waals surface area contributed by atoms with E-state index in [-0.39, 0.29) is 11.7 Å². The highest BCUT2D eigenvalue weighted by atomic mass is 16.2. The van der Waals surface area contributed by atoms with Gasteiger partial charge in [-0.2, -0.15) is 5.26 Å². The minimum Gasteiger partial charge on any atom is -0.346 e. The fourth-order valence-electron chi connectivity index (χ4n) is 3.83. The Kier molecular flexibility index (Phi) is 3.73. The summed E-state index contributed by atoms with van der Waals surface area (Å²) in [6, 6.07) is 3.90. The molecule has 25 heavy (non-hydrogen) atoms. The number of nitrogens with zero attached hydrogens (tertiary/aromatic N) is 3. The molecule has 0 saturated heterocycles. The largest absolute Gasteiger partial charge is 0.346 e. The van der Waals surface area contributed by atoms with E-state index in [4.69, 9.17) is 5.26 Å². The number of aromatic amines is 2. The molecule has 3 heterocycles. The van der Waals surface area contributed by atoms with Gasteiger partial charge in [0, 0.05) is 29.9 Å². The van der Waals surface area contributed by atoms with Crippen molar-refractivity contribution in [3.05, 3.63) is 51.5 Å². The van der Waals surface area contributed by atoms with Gasteiger partial charge in [-0.25, -0.2) is 9.78 Å². The van der Waals surface area contributed by atoms with Crippen molar-refractivity contribution < 1.29 is 0 Å². The van der Waals surface area contributed by atoms with E-state index in [1.54, 1.807) is 10.8 Å². The summed E-state index contributed by atoms with van der Waals surface area (Å²) in [7, 11) is 0. The zero-order chi connectivity index (χ0) is 17.4. The molecule has 0 spiro atoms. The summed E-state index contributed by atoms with van der Waals surface area (Å²) in [4.78, 5) is 34.5. The van der Waals surface area contributed by atoms with E-state index in [2.05, 4.69) is 15.0 Å². The summed E-state index contributed by atoms with van der Waals surface area (Å²) >= 11 is 0. The number of allylic oxidation sites excluding steroid dienone is 2. The quantitative estimate of drug-likeness (QED) is 0.701. The Morgan fingerprint density at radius 1 is 1.24 bits per heavy atom. The Bertz CT molecular complexity index is 1120. The lowest BCUT2D eigenvalue weighted by molar-refractivity contribution is 0.307. The molecule has 1 aliphatic rings. The van der Waals surface area contributed by atoms with Crippen LogP contribution in [0.15, 0.2) is 40.2 Å². The van der Waals surface area contributed by atoms with Crippen LogP contribution in [0.1, 0.15) is 31.7 Å². The molecule has 126 valence electrons. The molecule has 0 atom stereocenters. The number of fused-ring (bicyclic) bond motifs is 3. The molecule has 0 amide bonds. The molecule has 1 aliphatic carbocycles. The first-order valence-electron chi connectivity index (χ1n) is 8.36. The monoisotopic (exact) mass is 335 g/mol. The van der Waals surface area contributed by atoms with Gasteiger partial charge in [0.05, 0.1) is 17.0 Å². The lowest BCUT2D eigenvalue weighted by Crippen LogP contribution is -2.34. The second kappa shape index (κ2) is 6.06. The lowest BCUT2D eigenvalue weighted by Gasteiger charge is -2.29. The van der Waals surface area contributed by atoms with E-state index in [0.717, 1.165) is 31.1 Å². The molecule has 3 aromatic heterocycles. The van der Waals surface area contributed by atoms with Crippen molar-refractivity contribution in [3.8, 4) is 6.07 Å². The van der Waals surface area contributed by atoms with Gasteiger partial charge in [0.25, 0.3) is 5.56 Å². The van der Waals surface area contributed by atoms with E-state index in [9.17, 15) is 9.59 Å². The molecule has 0 bridgehead atoms. The fraction of sp³-hybridized carbons (Fsp3) is 0.333. The smallest absolute Gasteiger partial charge is 0.329 e. The van der Waals surface area contributed by atoms with Crippen LogP contribution in [0.3, 0.4) is 0 Å². The number of pyridine rings is 1. The average Bonchev–Trinajstić information content (AvgIpc) is 3.10. The summed E-state index contributed by atoms with van der Waals surface area (Å²) < 4.78 is 1.72. The molecule has 0 aromatic carbocycles. The maximum atomic E-state index is 12.6. The lowest BCUT2D eigenvalue weighted by atomic mass is 9.85. The molecule has 7 heteroatoms. The maximum absolute atomic E-state index is 12.6. The van der Waals surface area contributed by atoms with Gasteiger partial charge in [-0.15, -0.1) is 0 Å². The molecule has 4 rings (SSSR count). The standard InChI is InChI=1S/C18H17N5O2/c19-8-1-2-11-3-5-12(6-4-11)23-15-13-7-9-20-16(13)21-10-14(15)17(24)22-18(23)25/h1-2,7,9-12H,3-6H2,(H,20,21)(H,22,24,25)/b2-1+. The number of nitrogens with one attached hydrogen (secondary N) is 2. The minimum atomic E-state index is -0.405. The number of hydrogen-bond acceptors (Lipinski definition) is 4. The summed E-state index contributed by atoms with van der Waals surface area (Å²) in [5.74, 6) is 0.370. The van der Waals surface area contributed by atoms with Crippen LogP contribution in [0.2, 0.25) is 0 Å². The van der Waals surface area contributed by atoms with Gasteiger partial charge < -0.3 is 4.98 Å². The predicted octanol–water partition coefficient (Wildman–Crippen LogP) is 2.38. The van der Waals surface area contributed by atoms with Crippen LogP contribution in [-0.2, 0) is 0 Å². The number of aromatic nitrogens is 4. The molecular weight excluding hydrogens is 318 g/mol. The Morgan fingerprint density at radius 2 is 2.04 bits per heavy atom. The van der Waals surface area contributed by atoms with Gasteiger partial charge in [0.2, 0.25) is 0 Å². The van der Waals surface area contributed by atoms with Gasteiger partial charge in [-0.3, -0.25) is 14.3 Å². The summed E-state index contributed by atoms with van der Waals surface area (Å²) in [6.07, 6.45) is 10.2. The van der Waals surface area contributed by atoms with Crippen LogP contribution in [0.25, 0.3) is 21.9 Å². The zero-order valence-electron chi connectivity index (χ0n) is 13.5. The van der Waals surface area contributed by atoms with E-state index in [1.807, 2.05) is 18.2 Å². The summed E-state index contributed by atoms with van der Waals surface area (Å²) in [5, 5.41) is 9.88. The van der Waals surface area contributed by atoms with E-state index < -0.39 is 5.56 Å². The van der Waals surface area contributed by atoms with Gasteiger partial charge in [0.15, 0.2) is 0 Å². The Morgan fingerprint density at radius 3 is 2.80 bits per heavy atom. The maximum Gasteiger partial charge on any atom is 0.329 e. The molecular formula is C18H17N5O2. The zero-order valence-corrected chi connectivity index (χ0v) is 13.5. The highest BCUT2D eigenvalue weighted by Gasteiger charge is 2.24. The second-order valence-corrected chi connectivity index (χ2v) is 6.45. The van der Waals surface area contributed by atoms with Crippen LogP contribution in [0.5, 0.6) is 0 Å².